The minimum atomic E-state index is -0.395. The highest BCUT2D eigenvalue weighted by atomic mass is 79.9. The van der Waals surface area contributed by atoms with Crippen molar-refractivity contribution < 1.29 is 9.13 Å². The molecule has 0 saturated carbocycles. The Kier molecular flexibility index (Phi) is 3.96. The molecule has 1 heterocycles. The van der Waals surface area contributed by atoms with E-state index in [0.29, 0.717) is 5.82 Å². The first-order chi connectivity index (χ1) is 8.58. The van der Waals surface area contributed by atoms with E-state index in [-0.39, 0.29) is 18.4 Å². The van der Waals surface area contributed by atoms with E-state index in [4.69, 9.17) is 4.74 Å². The molecule has 96 valence electrons. The van der Waals surface area contributed by atoms with E-state index in [9.17, 15) is 4.39 Å². The van der Waals surface area contributed by atoms with Crippen molar-refractivity contribution in [2.24, 2.45) is 0 Å². The predicted octanol–water partition coefficient (Wildman–Crippen LogP) is 3.34. The van der Waals surface area contributed by atoms with Crippen molar-refractivity contribution in [3.05, 3.63) is 40.6 Å². The fourth-order valence-electron chi connectivity index (χ4n) is 1.54. The largest absolute Gasteiger partial charge is 0.483 e. The number of halogens is 2. The highest BCUT2D eigenvalue weighted by Crippen LogP contribution is 2.23. The number of rotatable bonds is 4. The molecule has 0 aliphatic rings. The Morgan fingerprint density at radius 1 is 1.44 bits per heavy atom. The summed E-state index contributed by atoms with van der Waals surface area (Å²) in [5.41, 5.74) is 0. The molecular formula is C12H13BrFN3O. The van der Waals surface area contributed by atoms with Crippen LogP contribution in [0.15, 0.2) is 29.0 Å². The topological polar surface area (TPSA) is 39.9 Å². The van der Waals surface area contributed by atoms with Crippen LogP contribution in [-0.2, 0) is 6.61 Å². The van der Waals surface area contributed by atoms with Crippen LogP contribution in [0.25, 0.3) is 0 Å². The van der Waals surface area contributed by atoms with Gasteiger partial charge in [0.2, 0.25) is 0 Å². The monoisotopic (exact) mass is 313 g/mol. The van der Waals surface area contributed by atoms with Gasteiger partial charge in [-0.25, -0.2) is 14.1 Å². The van der Waals surface area contributed by atoms with Crippen LogP contribution in [-0.4, -0.2) is 14.8 Å². The quantitative estimate of drug-likeness (QED) is 0.869. The molecule has 0 atom stereocenters. The van der Waals surface area contributed by atoms with Crippen LogP contribution >= 0.6 is 15.9 Å². The summed E-state index contributed by atoms with van der Waals surface area (Å²) in [6.07, 6.45) is 1.47. The van der Waals surface area contributed by atoms with E-state index in [1.54, 1.807) is 16.8 Å². The summed E-state index contributed by atoms with van der Waals surface area (Å²) in [7, 11) is 0. The fraction of sp³-hybridized carbons (Fsp3) is 0.333. The number of ether oxygens (including phenoxy) is 1. The maximum absolute atomic E-state index is 13.5. The molecule has 2 aromatic rings. The summed E-state index contributed by atoms with van der Waals surface area (Å²) in [6.45, 7) is 4.18. The lowest BCUT2D eigenvalue weighted by molar-refractivity contribution is 0.269. The lowest BCUT2D eigenvalue weighted by Gasteiger charge is -2.11. The van der Waals surface area contributed by atoms with Crippen LogP contribution in [0.1, 0.15) is 25.7 Å². The molecule has 0 N–H and O–H groups in total. The van der Waals surface area contributed by atoms with Crippen molar-refractivity contribution in [3.8, 4) is 5.75 Å². The summed E-state index contributed by atoms with van der Waals surface area (Å²) in [4.78, 5) is 4.10. The van der Waals surface area contributed by atoms with Crippen LogP contribution < -0.4 is 4.74 Å². The first-order valence-electron chi connectivity index (χ1n) is 5.54. The van der Waals surface area contributed by atoms with Crippen LogP contribution in [0, 0.1) is 5.82 Å². The number of hydrogen-bond donors (Lipinski definition) is 0. The van der Waals surface area contributed by atoms with Gasteiger partial charge < -0.3 is 4.74 Å². The average Bonchev–Trinajstić information content (AvgIpc) is 2.79. The van der Waals surface area contributed by atoms with E-state index >= 15 is 0 Å². The predicted molar refractivity (Wildman–Crippen MR) is 68.8 cm³/mol. The summed E-state index contributed by atoms with van der Waals surface area (Å²) in [6, 6.07) is 4.76. The van der Waals surface area contributed by atoms with Gasteiger partial charge in [-0.15, -0.1) is 0 Å². The second kappa shape index (κ2) is 5.48. The van der Waals surface area contributed by atoms with Crippen molar-refractivity contribution in [3.63, 3.8) is 0 Å². The Hall–Kier alpha value is -1.43. The van der Waals surface area contributed by atoms with E-state index < -0.39 is 5.82 Å². The second-order valence-corrected chi connectivity index (χ2v) is 4.99. The van der Waals surface area contributed by atoms with Crippen LogP contribution in [0.5, 0.6) is 5.75 Å². The summed E-state index contributed by atoms with van der Waals surface area (Å²) >= 11 is 3.27. The highest BCUT2D eigenvalue weighted by Gasteiger charge is 2.10. The van der Waals surface area contributed by atoms with Gasteiger partial charge in [0.1, 0.15) is 12.9 Å². The van der Waals surface area contributed by atoms with Gasteiger partial charge in [-0.3, -0.25) is 0 Å². The molecule has 0 saturated heterocycles. The van der Waals surface area contributed by atoms with Gasteiger partial charge in [-0.05, 0) is 32.0 Å². The van der Waals surface area contributed by atoms with E-state index in [1.807, 2.05) is 13.8 Å². The molecule has 18 heavy (non-hydrogen) atoms. The standard InChI is InChI=1S/C12H13BrFN3O/c1-8(2)17-12(15-7-16-17)6-18-11-5-9(13)3-4-10(11)14/h3-5,7-8H,6H2,1-2H3. The molecule has 6 heteroatoms. The minimum Gasteiger partial charge on any atom is -0.483 e. The zero-order valence-corrected chi connectivity index (χ0v) is 11.7. The fourth-order valence-corrected chi connectivity index (χ4v) is 1.88. The number of hydrogen-bond acceptors (Lipinski definition) is 3. The van der Waals surface area contributed by atoms with Crippen molar-refractivity contribution >= 4 is 15.9 Å². The van der Waals surface area contributed by atoms with E-state index in [1.165, 1.54) is 12.4 Å². The number of nitrogens with zero attached hydrogens (tertiary/aromatic N) is 3. The zero-order chi connectivity index (χ0) is 13.1. The van der Waals surface area contributed by atoms with Crippen LogP contribution in [0.4, 0.5) is 4.39 Å². The lowest BCUT2D eigenvalue weighted by Crippen LogP contribution is -2.11. The second-order valence-electron chi connectivity index (χ2n) is 4.08. The SMILES string of the molecule is CC(C)n1ncnc1COc1cc(Br)ccc1F. The molecule has 0 amide bonds. The molecule has 1 aromatic heterocycles. The molecule has 0 unspecified atom stereocenters. The first kappa shape index (κ1) is 13.0. The third-order valence-electron chi connectivity index (χ3n) is 2.39. The molecule has 0 spiro atoms. The summed E-state index contributed by atoms with van der Waals surface area (Å²) in [5, 5.41) is 4.09. The van der Waals surface area contributed by atoms with Crippen molar-refractivity contribution in [2.45, 2.75) is 26.5 Å². The Morgan fingerprint density at radius 3 is 2.94 bits per heavy atom. The van der Waals surface area contributed by atoms with Gasteiger partial charge in [-0.1, -0.05) is 15.9 Å². The Morgan fingerprint density at radius 2 is 2.22 bits per heavy atom. The molecule has 0 aliphatic heterocycles. The van der Waals surface area contributed by atoms with Crippen LogP contribution in [0.3, 0.4) is 0 Å². The Balaban J connectivity index is 2.11. The molecule has 0 bridgehead atoms. The average molecular weight is 314 g/mol. The molecule has 2 rings (SSSR count). The first-order valence-corrected chi connectivity index (χ1v) is 6.33. The third-order valence-corrected chi connectivity index (χ3v) is 2.88. The van der Waals surface area contributed by atoms with Crippen molar-refractivity contribution in [1.82, 2.24) is 14.8 Å². The Bertz CT molecular complexity index is 542. The van der Waals surface area contributed by atoms with Crippen LogP contribution in [0.2, 0.25) is 0 Å². The van der Waals surface area contributed by atoms with Gasteiger partial charge >= 0.3 is 0 Å². The molecule has 0 aliphatic carbocycles. The highest BCUT2D eigenvalue weighted by molar-refractivity contribution is 9.10. The Labute approximate surface area is 113 Å². The molecule has 0 fully saturated rings. The number of aromatic nitrogens is 3. The molecule has 0 radical (unpaired) electrons. The van der Waals surface area contributed by atoms with Gasteiger partial charge in [0.05, 0.1) is 0 Å². The van der Waals surface area contributed by atoms with E-state index in [0.717, 1.165) is 4.47 Å². The minimum absolute atomic E-state index is 0.186. The van der Waals surface area contributed by atoms with Gasteiger partial charge in [0.25, 0.3) is 0 Å². The maximum atomic E-state index is 13.5. The van der Waals surface area contributed by atoms with Crippen molar-refractivity contribution in [1.29, 1.82) is 0 Å². The van der Waals surface area contributed by atoms with Gasteiger partial charge in [0.15, 0.2) is 17.4 Å². The molecular weight excluding hydrogens is 301 g/mol. The molecule has 4 nitrogen and oxygen atoms in total. The summed E-state index contributed by atoms with van der Waals surface area (Å²) in [5.74, 6) is 0.473. The third kappa shape index (κ3) is 2.87. The zero-order valence-electron chi connectivity index (χ0n) is 10.1. The lowest BCUT2D eigenvalue weighted by atomic mass is 10.3. The normalized spacial score (nSPS) is 10.9. The number of benzene rings is 1. The summed E-state index contributed by atoms with van der Waals surface area (Å²) < 4.78 is 21.4. The van der Waals surface area contributed by atoms with E-state index in [2.05, 4.69) is 26.0 Å². The van der Waals surface area contributed by atoms with Gasteiger partial charge in [-0.2, -0.15) is 5.10 Å². The maximum Gasteiger partial charge on any atom is 0.165 e. The smallest absolute Gasteiger partial charge is 0.165 e. The van der Waals surface area contributed by atoms with Crippen molar-refractivity contribution in [2.75, 3.05) is 0 Å². The molecule has 1 aromatic carbocycles. The van der Waals surface area contributed by atoms with Gasteiger partial charge in [0, 0.05) is 10.5 Å².